The first-order valence-corrected chi connectivity index (χ1v) is 7.03. The van der Waals surface area contributed by atoms with E-state index in [1.807, 2.05) is 27.7 Å². The highest BCUT2D eigenvalue weighted by molar-refractivity contribution is 5.86. The third kappa shape index (κ3) is 5.01. The van der Waals surface area contributed by atoms with Gasteiger partial charge < -0.3 is 15.7 Å². The molecule has 0 spiro atoms. The van der Waals surface area contributed by atoms with Crippen LogP contribution in [-0.4, -0.2) is 41.0 Å². The molecule has 0 aromatic heterocycles. The summed E-state index contributed by atoms with van der Waals surface area (Å²) in [4.78, 5) is 25.0. The lowest BCUT2D eigenvalue weighted by Crippen LogP contribution is -2.53. The topological polar surface area (TPSA) is 83.6 Å². The molecule has 1 unspecified atom stereocenters. The summed E-state index contributed by atoms with van der Waals surface area (Å²) in [6.07, 6.45) is 3.25. The predicted molar refractivity (Wildman–Crippen MR) is 84.7 cm³/mol. The Labute approximate surface area is 127 Å². The van der Waals surface area contributed by atoms with Gasteiger partial charge >= 0.3 is 5.97 Å². The van der Waals surface area contributed by atoms with E-state index in [2.05, 4.69) is 6.58 Å². The largest absolute Gasteiger partial charge is 0.478 e. The fourth-order valence-corrected chi connectivity index (χ4v) is 1.89. The molecule has 0 fully saturated rings. The van der Waals surface area contributed by atoms with E-state index in [1.54, 1.807) is 19.2 Å². The summed E-state index contributed by atoms with van der Waals surface area (Å²) in [5, 5.41) is 9.00. The highest BCUT2D eigenvalue weighted by Crippen LogP contribution is 2.23. The van der Waals surface area contributed by atoms with Crippen molar-refractivity contribution in [2.24, 2.45) is 17.1 Å². The molecule has 0 aliphatic carbocycles. The Balaban J connectivity index is 5.38. The number of hydrogen-bond donors (Lipinski definition) is 2. The summed E-state index contributed by atoms with van der Waals surface area (Å²) < 4.78 is 0. The molecule has 0 aliphatic heterocycles. The summed E-state index contributed by atoms with van der Waals surface area (Å²) in [5.41, 5.74) is 5.72. The molecule has 2 atom stereocenters. The molecule has 0 aliphatic rings. The Kier molecular flexibility index (Phi) is 6.83. The first-order valence-electron chi connectivity index (χ1n) is 7.03. The molecule has 0 aromatic carbocycles. The third-order valence-corrected chi connectivity index (χ3v) is 3.83. The zero-order chi connectivity index (χ0) is 17.0. The second kappa shape index (κ2) is 7.41. The number of nitrogens with two attached hydrogens (primary N) is 1. The Bertz CT molecular complexity index is 439. The van der Waals surface area contributed by atoms with Crippen LogP contribution in [0.2, 0.25) is 0 Å². The lowest BCUT2D eigenvalue weighted by molar-refractivity contribution is -0.136. The van der Waals surface area contributed by atoms with Crippen molar-refractivity contribution in [3.05, 3.63) is 24.3 Å². The zero-order valence-electron chi connectivity index (χ0n) is 13.9. The molecule has 0 bridgehead atoms. The molecule has 0 saturated heterocycles. The molecular weight excluding hydrogens is 268 g/mol. The van der Waals surface area contributed by atoms with Crippen molar-refractivity contribution in [2.75, 3.05) is 7.05 Å². The van der Waals surface area contributed by atoms with Crippen molar-refractivity contribution < 1.29 is 14.7 Å². The molecule has 0 aromatic rings. The Hall–Kier alpha value is -1.62. The number of carboxylic acid groups (broad SMARTS) is 1. The molecule has 0 heterocycles. The van der Waals surface area contributed by atoms with Crippen molar-refractivity contribution >= 4 is 11.9 Å². The van der Waals surface area contributed by atoms with E-state index >= 15 is 0 Å². The molecule has 3 N–H and O–H groups in total. The second-order valence-corrected chi connectivity index (χ2v) is 6.34. The van der Waals surface area contributed by atoms with Crippen LogP contribution in [0.1, 0.15) is 34.6 Å². The van der Waals surface area contributed by atoms with E-state index in [9.17, 15) is 9.59 Å². The van der Waals surface area contributed by atoms with Gasteiger partial charge in [-0.05, 0) is 12.8 Å². The zero-order valence-corrected chi connectivity index (χ0v) is 13.9. The number of nitrogens with zero attached hydrogens (tertiary/aromatic N) is 1. The molecule has 21 heavy (non-hydrogen) atoms. The molecular formula is C16H28N2O3. The van der Waals surface area contributed by atoms with E-state index in [1.165, 1.54) is 11.8 Å². The first kappa shape index (κ1) is 19.4. The van der Waals surface area contributed by atoms with Crippen molar-refractivity contribution in [2.45, 2.75) is 46.7 Å². The first-order chi connectivity index (χ1) is 9.45. The number of carbonyl (C=O) groups excluding carboxylic acids is 1. The van der Waals surface area contributed by atoms with Crippen LogP contribution in [0.25, 0.3) is 0 Å². The monoisotopic (exact) mass is 296 g/mol. The van der Waals surface area contributed by atoms with E-state index in [0.717, 1.165) is 0 Å². The highest BCUT2D eigenvalue weighted by Gasteiger charge is 2.34. The van der Waals surface area contributed by atoms with Crippen LogP contribution in [-0.2, 0) is 9.59 Å². The number of carboxylic acids is 1. The summed E-state index contributed by atoms with van der Waals surface area (Å²) >= 11 is 0. The minimum Gasteiger partial charge on any atom is -0.478 e. The SMILES string of the molecule is C=CC(C)(C)C(N)C(=O)N(C)[C@H](/C=C(\C)C(=O)O)C(C)C. The number of rotatable bonds is 7. The quantitative estimate of drug-likeness (QED) is 0.556. The van der Waals surface area contributed by atoms with Crippen LogP contribution in [0.3, 0.4) is 0 Å². The van der Waals surface area contributed by atoms with Gasteiger partial charge in [0, 0.05) is 18.0 Å². The Morgan fingerprint density at radius 1 is 1.33 bits per heavy atom. The van der Waals surface area contributed by atoms with Gasteiger partial charge in [-0.2, -0.15) is 0 Å². The van der Waals surface area contributed by atoms with Crippen LogP contribution in [0.4, 0.5) is 0 Å². The van der Waals surface area contributed by atoms with Crippen molar-refractivity contribution in [3.8, 4) is 0 Å². The maximum absolute atomic E-state index is 12.5. The van der Waals surface area contributed by atoms with Crippen LogP contribution < -0.4 is 5.73 Å². The summed E-state index contributed by atoms with van der Waals surface area (Å²) in [7, 11) is 1.65. The van der Waals surface area contributed by atoms with Gasteiger partial charge in [-0.15, -0.1) is 6.58 Å². The van der Waals surface area contributed by atoms with Crippen molar-refractivity contribution in [1.82, 2.24) is 4.90 Å². The average molecular weight is 296 g/mol. The fourth-order valence-electron chi connectivity index (χ4n) is 1.89. The maximum Gasteiger partial charge on any atom is 0.331 e. The molecule has 5 heteroatoms. The standard InChI is InChI=1S/C16H28N2O3/c1-8-16(5,6)13(17)14(19)18(7)12(10(2)3)9-11(4)15(20)21/h8-10,12-13H,1,17H2,2-7H3,(H,20,21)/b11-9+/t12-,13?/m1/s1. The Morgan fingerprint density at radius 2 is 1.81 bits per heavy atom. The van der Waals surface area contributed by atoms with Gasteiger partial charge in [0.15, 0.2) is 0 Å². The number of likely N-dealkylation sites (N-methyl/N-ethyl adjacent to an activating group) is 1. The summed E-state index contributed by atoms with van der Waals surface area (Å²) in [5.74, 6) is -1.14. The van der Waals surface area contributed by atoms with Crippen molar-refractivity contribution in [1.29, 1.82) is 0 Å². The van der Waals surface area contributed by atoms with Gasteiger partial charge in [-0.1, -0.05) is 39.8 Å². The van der Waals surface area contributed by atoms with E-state index in [4.69, 9.17) is 10.8 Å². The van der Waals surface area contributed by atoms with Crippen molar-refractivity contribution in [3.63, 3.8) is 0 Å². The minimum absolute atomic E-state index is 0.0762. The van der Waals surface area contributed by atoms with E-state index in [0.29, 0.717) is 0 Å². The summed E-state index contributed by atoms with van der Waals surface area (Å²) in [6.45, 7) is 12.8. The molecule has 5 nitrogen and oxygen atoms in total. The van der Waals surface area contributed by atoms with Gasteiger partial charge in [0.1, 0.15) is 0 Å². The Morgan fingerprint density at radius 3 is 2.14 bits per heavy atom. The normalized spacial score (nSPS) is 15.5. The maximum atomic E-state index is 12.5. The molecule has 120 valence electrons. The molecule has 1 amide bonds. The van der Waals surface area contributed by atoms with E-state index < -0.39 is 17.4 Å². The number of carbonyl (C=O) groups is 2. The van der Waals surface area contributed by atoms with Gasteiger partial charge in [-0.3, -0.25) is 4.79 Å². The lowest BCUT2D eigenvalue weighted by atomic mass is 9.84. The highest BCUT2D eigenvalue weighted by atomic mass is 16.4. The van der Waals surface area contributed by atoms with Crippen LogP contribution in [0.5, 0.6) is 0 Å². The van der Waals surface area contributed by atoms with Gasteiger partial charge in [0.2, 0.25) is 5.91 Å². The summed E-state index contributed by atoms with van der Waals surface area (Å²) in [6, 6.07) is -1.04. The number of hydrogen-bond acceptors (Lipinski definition) is 3. The van der Waals surface area contributed by atoms with Crippen LogP contribution in [0, 0.1) is 11.3 Å². The molecule has 0 saturated carbocycles. The molecule has 0 rings (SSSR count). The van der Waals surface area contributed by atoms with Gasteiger partial charge in [-0.25, -0.2) is 4.79 Å². The smallest absolute Gasteiger partial charge is 0.331 e. The fraction of sp³-hybridized carbons (Fsp3) is 0.625. The van der Waals surface area contributed by atoms with Crippen LogP contribution in [0.15, 0.2) is 24.3 Å². The lowest BCUT2D eigenvalue weighted by Gasteiger charge is -2.35. The predicted octanol–water partition coefficient (Wildman–Crippen LogP) is 2.04. The van der Waals surface area contributed by atoms with E-state index in [-0.39, 0.29) is 23.4 Å². The average Bonchev–Trinajstić information content (AvgIpc) is 2.41. The second-order valence-electron chi connectivity index (χ2n) is 6.34. The third-order valence-electron chi connectivity index (χ3n) is 3.83. The van der Waals surface area contributed by atoms with Gasteiger partial charge in [0.05, 0.1) is 12.1 Å². The number of amides is 1. The minimum atomic E-state index is -0.989. The van der Waals surface area contributed by atoms with Crippen LogP contribution >= 0.6 is 0 Å². The molecule has 0 radical (unpaired) electrons. The number of aliphatic carboxylic acids is 1. The van der Waals surface area contributed by atoms with Gasteiger partial charge in [0.25, 0.3) is 0 Å².